The molecule has 3 aromatic carbocycles. The van der Waals surface area contributed by atoms with Crippen LogP contribution in [0.15, 0.2) is 72.3 Å². The summed E-state index contributed by atoms with van der Waals surface area (Å²) in [5.41, 5.74) is 2.21. The Morgan fingerprint density at radius 3 is 2.52 bits per heavy atom. The van der Waals surface area contributed by atoms with Gasteiger partial charge >= 0.3 is 0 Å². The van der Waals surface area contributed by atoms with Crippen molar-refractivity contribution in [1.82, 2.24) is 0 Å². The summed E-state index contributed by atoms with van der Waals surface area (Å²) in [4.78, 5) is 13.7. The van der Waals surface area contributed by atoms with Gasteiger partial charge in [-0.2, -0.15) is 0 Å². The lowest BCUT2D eigenvalue weighted by Gasteiger charge is -2.18. The van der Waals surface area contributed by atoms with Crippen LogP contribution in [-0.4, -0.2) is 33.2 Å². The number of ketones is 1. The van der Waals surface area contributed by atoms with Crippen molar-refractivity contribution in [3.05, 3.63) is 83.7 Å². The van der Waals surface area contributed by atoms with Crippen molar-refractivity contribution in [3.63, 3.8) is 0 Å². The molecule has 0 fully saturated rings. The van der Waals surface area contributed by atoms with Crippen LogP contribution in [0.2, 0.25) is 0 Å². The van der Waals surface area contributed by atoms with E-state index in [0.717, 1.165) is 10.8 Å². The molecular weight excluding hydrogens is 395 g/mol. The summed E-state index contributed by atoms with van der Waals surface area (Å²) in [6.45, 7) is 0. The van der Waals surface area contributed by atoms with Gasteiger partial charge in [0.2, 0.25) is 0 Å². The summed E-state index contributed by atoms with van der Waals surface area (Å²) < 4.78 is 30.5. The highest BCUT2D eigenvalue weighted by Crippen LogP contribution is 2.39. The SMILES string of the molecule is COc1ccc2c(C(=O)C3=CCC(OC)C=C3)c(-c3cccc(F)c3OC)ccc2c1. The quantitative estimate of drug-likeness (QED) is 0.479. The highest BCUT2D eigenvalue weighted by atomic mass is 19.1. The minimum atomic E-state index is -0.479. The van der Waals surface area contributed by atoms with Gasteiger partial charge < -0.3 is 14.2 Å². The number of carbonyl (C=O) groups excluding carboxylic acids is 1. The van der Waals surface area contributed by atoms with Crippen LogP contribution < -0.4 is 9.47 Å². The minimum Gasteiger partial charge on any atom is -0.497 e. The molecule has 0 amide bonds. The molecule has 0 heterocycles. The minimum absolute atomic E-state index is 0.0453. The largest absolute Gasteiger partial charge is 0.497 e. The van der Waals surface area contributed by atoms with E-state index in [0.29, 0.717) is 34.4 Å². The van der Waals surface area contributed by atoms with Gasteiger partial charge in [0.05, 0.1) is 20.3 Å². The summed E-state index contributed by atoms with van der Waals surface area (Å²) in [5.74, 6) is 0.189. The van der Waals surface area contributed by atoms with E-state index < -0.39 is 5.82 Å². The van der Waals surface area contributed by atoms with E-state index in [-0.39, 0.29) is 17.6 Å². The van der Waals surface area contributed by atoms with Crippen LogP contribution in [-0.2, 0) is 4.74 Å². The van der Waals surface area contributed by atoms with Crippen molar-refractivity contribution in [2.24, 2.45) is 0 Å². The average Bonchev–Trinajstić information content (AvgIpc) is 2.82. The molecule has 0 spiro atoms. The average molecular weight is 418 g/mol. The van der Waals surface area contributed by atoms with Gasteiger partial charge in [0, 0.05) is 23.8 Å². The molecule has 0 N–H and O–H groups in total. The number of hydrogen-bond donors (Lipinski definition) is 0. The second-order valence-corrected chi connectivity index (χ2v) is 7.25. The Bertz CT molecular complexity index is 1210. The molecule has 0 aliphatic heterocycles. The first kappa shape index (κ1) is 20.8. The lowest BCUT2D eigenvalue weighted by Crippen LogP contribution is -2.13. The summed E-state index contributed by atoms with van der Waals surface area (Å²) in [6.07, 6.45) is 6.12. The highest BCUT2D eigenvalue weighted by Gasteiger charge is 2.23. The third-order valence-electron chi connectivity index (χ3n) is 5.54. The maximum absolute atomic E-state index is 14.5. The second kappa shape index (κ2) is 8.74. The second-order valence-electron chi connectivity index (χ2n) is 7.25. The van der Waals surface area contributed by atoms with E-state index in [9.17, 15) is 9.18 Å². The molecule has 0 radical (unpaired) electrons. The summed E-state index contributed by atoms with van der Waals surface area (Å²) in [6, 6.07) is 14.0. The molecule has 158 valence electrons. The van der Waals surface area contributed by atoms with Crippen LogP contribution in [0.3, 0.4) is 0 Å². The molecule has 0 bridgehead atoms. The number of methoxy groups -OCH3 is 3. The topological polar surface area (TPSA) is 44.8 Å². The Balaban J connectivity index is 1.96. The van der Waals surface area contributed by atoms with Crippen LogP contribution in [0.1, 0.15) is 16.8 Å². The number of halogens is 1. The molecule has 0 aromatic heterocycles. The smallest absolute Gasteiger partial charge is 0.193 e. The monoisotopic (exact) mass is 418 g/mol. The molecule has 31 heavy (non-hydrogen) atoms. The number of Topliss-reactive ketones (excluding diaryl/α,β-unsaturated/α-hetero) is 1. The first-order valence-corrected chi connectivity index (χ1v) is 9.97. The van der Waals surface area contributed by atoms with Crippen molar-refractivity contribution in [2.45, 2.75) is 12.5 Å². The Labute approximate surface area is 180 Å². The maximum Gasteiger partial charge on any atom is 0.193 e. The lowest BCUT2D eigenvalue weighted by molar-refractivity contribution is 0.103. The summed E-state index contributed by atoms with van der Waals surface area (Å²) in [7, 11) is 4.66. The molecule has 1 aliphatic rings. The van der Waals surface area contributed by atoms with E-state index >= 15 is 0 Å². The normalized spacial score (nSPS) is 15.6. The van der Waals surface area contributed by atoms with E-state index in [2.05, 4.69) is 0 Å². The van der Waals surface area contributed by atoms with Gasteiger partial charge in [0.1, 0.15) is 5.75 Å². The van der Waals surface area contributed by atoms with Gasteiger partial charge in [-0.3, -0.25) is 4.79 Å². The van der Waals surface area contributed by atoms with E-state index in [4.69, 9.17) is 14.2 Å². The van der Waals surface area contributed by atoms with Crippen molar-refractivity contribution >= 4 is 16.6 Å². The Hall–Kier alpha value is -3.44. The first-order valence-electron chi connectivity index (χ1n) is 9.97. The number of hydrogen-bond acceptors (Lipinski definition) is 4. The zero-order valence-electron chi connectivity index (χ0n) is 17.6. The van der Waals surface area contributed by atoms with E-state index in [1.54, 1.807) is 32.4 Å². The molecule has 4 rings (SSSR count). The van der Waals surface area contributed by atoms with Gasteiger partial charge in [-0.1, -0.05) is 42.5 Å². The van der Waals surface area contributed by atoms with Crippen molar-refractivity contribution in [1.29, 1.82) is 0 Å². The van der Waals surface area contributed by atoms with Gasteiger partial charge in [-0.25, -0.2) is 4.39 Å². The fourth-order valence-electron chi connectivity index (χ4n) is 3.92. The Kier molecular flexibility index (Phi) is 5.87. The third-order valence-corrected chi connectivity index (χ3v) is 5.54. The fourth-order valence-corrected chi connectivity index (χ4v) is 3.92. The van der Waals surface area contributed by atoms with Crippen LogP contribution >= 0.6 is 0 Å². The number of fused-ring (bicyclic) bond motifs is 1. The molecule has 4 nitrogen and oxygen atoms in total. The van der Waals surface area contributed by atoms with Crippen LogP contribution in [0.4, 0.5) is 4.39 Å². The molecule has 0 saturated carbocycles. The van der Waals surface area contributed by atoms with Gasteiger partial charge in [0.25, 0.3) is 0 Å². The van der Waals surface area contributed by atoms with E-state index in [1.807, 2.05) is 42.5 Å². The summed E-state index contributed by atoms with van der Waals surface area (Å²) >= 11 is 0. The number of rotatable bonds is 6. The number of para-hydroxylation sites is 1. The Morgan fingerprint density at radius 2 is 1.84 bits per heavy atom. The molecule has 5 heteroatoms. The Morgan fingerprint density at radius 1 is 1.00 bits per heavy atom. The van der Waals surface area contributed by atoms with Crippen molar-refractivity contribution < 1.29 is 23.4 Å². The lowest BCUT2D eigenvalue weighted by atomic mass is 9.87. The molecule has 1 unspecified atom stereocenters. The number of allylic oxidation sites excluding steroid dienone is 2. The fraction of sp³-hybridized carbons (Fsp3) is 0.192. The molecular formula is C26H23FO4. The van der Waals surface area contributed by atoms with Crippen LogP contribution in [0.5, 0.6) is 11.5 Å². The third kappa shape index (κ3) is 3.84. The number of ether oxygens (including phenoxy) is 3. The zero-order valence-corrected chi connectivity index (χ0v) is 17.6. The number of carbonyl (C=O) groups is 1. The molecule has 1 aliphatic carbocycles. The van der Waals surface area contributed by atoms with Crippen molar-refractivity contribution in [2.75, 3.05) is 21.3 Å². The molecule has 3 aromatic rings. The number of benzene rings is 3. The van der Waals surface area contributed by atoms with Gasteiger partial charge in [-0.05, 0) is 47.0 Å². The first-order chi connectivity index (χ1) is 15.1. The predicted octanol–water partition coefficient (Wildman–Crippen LogP) is 5.75. The van der Waals surface area contributed by atoms with Gasteiger partial charge in [0.15, 0.2) is 17.3 Å². The maximum atomic E-state index is 14.5. The van der Waals surface area contributed by atoms with Crippen LogP contribution in [0.25, 0.3) is 21.9 Å². The predicted molar refractivity (Wildman–Crippen MR) is 119 cm³/mol. The van der Waals surface area contributed by atoms with Crippen LogP contribution in [0, 0.1) is 5.82 Å². The van der Waals surface area contributed by atoms with Gasteiger partial charge in [-0.15, -0.1) is 0 Å². The highest BCUT2D eigenvalue weighted by molar-refractivity contribution is 6.21. The molecule has 1 atom stereocenters. The van der Waals surface area contributed by atoms with Crippen molar-refractivity contribution in [3.8, 4) is 22.6 Å². The standard InChI is InChI=1S/C26H23FO4/c1-29-18-10-7-16(8-11-18)25(28)24-20-14-12-19(30-2)15-17(20)9-13-21(24)22-5-4-6-23(27)26(22)31-3/h4-10,12-15,18H,11H2,1-3H3. The molecule has 0 saturated heterocycles. The van der Waals surface area contributed by atoms with E-state index in [1.165, 1.54) is 13.2 Å². The summed E-state index contributed by atoms with van der Waals surface area (Å²) in [5, 5.41) is 1.62. The zero-order chi connectivity index (χ0) is 22.0.